The molecule has 40 heavy (non-hydrogen) atoms. The van der Waals surface area contributed by atoms with Crippen molar-refractivity contribution in [2.75, 3.05) is 31.6 Å². The van der Waals surface area contributed by atoms with E-state index in [1.165, 1.54) is 37.3 Å². The first-order valence-electron chi connectivity index (χ1n) is 12.2. The lowest BCUT2D eigenvalue weighted by Crippen LogP contribution is -2.51. The number of hydrogen-bond donors (Lipinski definition) is 4. The summed E-state index contributed by atoms with van der Waals surface area (Å²) in [7, 11) is 0. The fourth-order valence-corrected chi connectivity index (χ4v) is 4.53. The van der Waals surface area contributed by atoms with Crippen LogP contribution in [-0.4, -0.2) is 54.4 Å². The van der Waals surface area contributed by atoms with Crippen LogP contribution < -0.4 is 25.8 Å². The third-order valence-corrected chi connectivity index (χ3v) is 7.05. The van der Waals surface area contributed by atoms with Crippen molar-refractivity contribution >= 4 is 17.5 Å². The second kappa shape index (κ2) is 9.66. The van der Waals surface area contributed by atoms with Crippen molar-refractivity contribution in [1.82, 2.24) is 10.3 Å². The Morgan fingerprint density at radius 1 is 1.15 bits per heavy atom. The lowest BCUT2D eigenvalue weighted by molar-refractivity contribution is -0.265. The Balaban J connectivity index is 1.56. The van der Waals surface area contributed by atoms with Gasteiger partial charge in [0.2, 0.25) is 11.5 Å². The number of halogens is 4. The zero-order chi connectivity index (χ0) is 28.9. The van der Waals surface area contributed by atoms with Crippen LogP contribution in [0.25, 0.3) is 11.3 Å². The van der Waals surface area contributed by atoms with E-state index in [1.54, 1.807) is 0 Å². The van der Waals surface area contributed by atoms with Gasteiger partial charge in [-0.05, 0) is 55.5 Å². The Morgan fingerprint density at radius 2 is 1.88 bits per heavy atom. The van der Waals surface area contributed by atoms with Gasteiger partial charge in [-0.25, -0.2) is 9.37 Å². The standard InChI is InChI=1S/C27H24F4N4O5/c1-25(24(32)37)13-40-22-17(25)11-20(35-21(22)14-2-5-16(28)6-3-14)26(38,27(29,30)31)12-34-23(36)15-4-7-19-18(10-15)33-8-9-39-19/h2-7,10-11,33,38H,8-9,12-13H2,1H3,(H2,32,37)(H,34,36)/t25-,26-/m0/s1. The van der Waals surface area contributed by atoms with Gasteiger partial charge in [0.05, 0.1) is 17.9 Å². The molecule has 0 bridgehead atoms. The molecule has 13 heteroatoms. The minimum atomic E-state index is -5.32. The number of anilines is 1. The van der Waals surface area contributed by atoms with Gasteiger partial charge in [-0.3, -0.25) is 9.59 Å². The van der Waals surface area contributed by atoms with Crippen LogP contribution in [0.1, 0.15) is 28.5 Å². The van der Waals surface area contributed by atoms with Gasteiger partial charge in [-0.2, -0.15) is 13.2 Å². The number of ether oxygens (including phenoxy) is 2. The molecule has 0 unspecified atom stereocenters. The van der Waals surface area contributed by atoms with Crippen LogP contribution in [0, 0.1) is 5.82 Å². The van der Waals surface area contributed by atoms with Crippen molar-refractivity contribution < 1.29 is 41.7 Å². The first-order valence-corrected chi connectivity index (χ1v) is 12.2. The van der Waals surface area contributed by atoms with Crippen LogP contribution in [0.3, 0.4) is 0 Å². The molecule has 210 valence electrons. The number of aliphatic hydroxyl groups is 1. The summed E-state index contributed by atoms with van der Waals surface area (Å²) >= 11 is 0. The molecule has 1 aromatic heterocycles. The molecule has 2 amide bonds. The normalized spacial score (nSPS) is 19.2. The number of benzene rings is 2. The maximum atomic E-state index is 14.5. The molecule has 3 heterocycles. The van der Waals surface area contributed by atoms with Crippen LogP contribution in [0.2, 0.25) is 0 Å². The second-order valence-electron chi connectivity index (χ2n) is 9.75. The maximum Gasteiger partial charge on any atom is 0.424 e. The predicted molar refractivity (Wildman–Crippen MR) is 134 cm³/mol. The Bertz CT molecular complexity index is 1500. The van der Waals surface area contributed by atoms with Crippen molar-refractivity contribution in [3.8, 4) is 22.8 Å². The third-order valence-electron chi connectivity index (χ3n) is 7.05. The minimum absolute atomic E-state index is 0.0194. The number of nitrogens with zero attached hydrogens (tertiary/aromatic N) is 1. The number of carbonyl (C=O) groups is 2. The highest BCUT2D eigenvalue weighted by molar-refractivity contribution is 5.95. The summed E-state index contributed by atoms with van der Waals surface area (Å²) in [4.78, 5) is 29.2. The average Bonchev–Trinajstić information content (AvgIpc) is 3.28. The van der Waals surface area contributed by atoms with Crippen molar-refractivity contribution in [2.45, 2.75) is 24.1 Å². The summed E-state index contributed by atoms with van der Waals surface area (Å²) in [5, 5.41) is 16.3. The van der Waals surface area contributed by atoms with Gasteiger partial charge in [0.25, 0.3) is 5.91 Å². The van der Waals surface area contributed by atoms with E-state index in [2.05, 4.69) is 15.6 Å². The number of primary amides is 1. The van der Waals surface area contributed by atoms with E-state index < -0.39 is 47.1 Å². The quantitative estimate of drug-likeness (QED) is 0.341. The first kappa shape index (κ1) is 27.2. The van der Waals surface area contributed by atoms with E-state index >= 15 is 0 Å². The van der Waals surface area contributed by atoms with Crippen LogP contribution >= 0.6 is 0 Å². The van der Waals surface area contributed by atoms with Gasteiger partial charge in [0, 0.05) is 23.2 Å². The number of pyridine rings is 1. The molecular formula is C27H24F4N4O5. The number of rotatable bonds is 6. The van der Waals surface area contributed by atoms with Crippen LogP contribution in [0.4, 0.5) is 23.2 Å². The smallest absolute Gasteiger partial charge is 0.424 e. The summed E-state index contributed by atoms with van der Waals surface area (Å²) in [6, 6.07) is 9.91. The second-order valence-corrected chi connectivity index (χ2v) is 9.75. The lowest BCUT2D eigenvalue weighted by atomic mass is 9.81. The van der Waals surface area contributed by atoms with E-state index in [0.717, 1.165) is 18.2 Å². The van der Waals surface area contributed by atoms with E-state index in [1.807, 2.05) is 0 Å². The molecule has 0 saturated carbocycles. The van der Waals surface area contributed by atoms with Crippen molar-refractivity contribution in [2.24, 2.45) is 5.73 Å². The van der Waals surface area contributed by atoms with Gasteiger partial charge in [-0.1, -0.05) is 0 Å². The van der Waals surface area contributed by atoms with Crippen molar-refractivity contribution in [3.05, 3.63) is 71.2 Å². The molecule has 0 aliphatic carbocycles. The molecule has 9 nitrogen and oxygen atoms in total. The summed E-state index contributed by atoms with van der Waals surface area (Å²) in [5.74, 6) is -1.89. The average molecular weight is 561 g/mol. The fraction of sp³-hybridized carbons (Fsp3) is 0.296. The number of nitrogens with one attached hydrogen (secondary N) is 2. The summed E-state index contributed by atoms with van der Waals surface area (Å²) in [6.07, 6.45) is -5.32. The minimum Gasteiger partial charge on any atom is -0.490 e. The number of alkyl halides is 3. The maximum absolute atomic E-state index is 14.5. The molecule has 5 rings (SSSR count). The number of carbonyl (C=O) groups excluding carboxylic acids is 2. The zero-order valence-electron chi connectivity index (χ0n) is 21.1. The molecule has 0 spiro atoms. The van der Waals surface area contributed by atoms with E-state index in [4.69, 9.17) is 15.2 Å². The van der Waals surface area contributed by atoms with Crippen LogP contribution in [0.15, 0.2) is 48.5 Å². The molecule has 2 atom stereocenters. The molecule has 3 aromatic rings. The van der Waals surface area contributed by atoms with Crippen molar-refractivity contribution in [3.63, 3.8) is 0 Å². The van der Waals surface area contributed by atoms with Crippen LogP contribution in [0.5, 0.6) is 11.5 Å². The highest BCUT2D eigenvalue weighted by Crippen LogP contribution is 2.47. The van der Waals surface area contributed by atoms with E-state index in [-0.39, 0.29) is 34.7 Å². The number of fused-ring (bicyclic) bond motifs is 2. The number of aromatic nitrogens is 1. The molecule has 5 N–H and O–H groups in total. The Morgan fingerprint density at radius 3 is 2.55 bits per heavy atom. The Kier molecular flexibility index (Phi) is 6.57. The Labute approximate surface area is 225 Å². The van der Waals surface area contributed by atoms with Gasteiger partial charge >= 0.3 is 6.18 Å². The molecule has 2 aromatic carbocycles. The monoisotopic (exact) mass is 560 g/mol. The number of hydrogen-bond acceptors (Lipinski definition) is 7. The highest BCUT2D eigenvalue weighted by atomic mass is 19.4. The Hall–Kier alpha value is -4.39. The van der Waals surface area contributed by atoms with Crippen molar-refractivity contribution in [1.29, 1.82) is 0 Å². The molecule has 0 saturated heterocycles. The SMILES string of the molecule is C[C@]1(C(N)=O)COc2c1cc([C@@](O)(CNC(=O)c1ccc3c(c1)NCCO3)C(F)(F)F)nc2-c1ccc(F)cc1. The first-order chi connectivity index (χ1) is 18.8. The van der Waals surface area contributed by atoms with E-state index in [0.29, 0.717) is 24.6 Å². The number of nitrogens with two attached hydrogens (primary N) is 1. The molecule has 2 aliphatic heterocycles. The third kappa shape index (κ3) is 4.55. The van der Waals surface area contributed by atoms with Gasteiger partial charge in [-0.15, -0.1) is 0 Å². The summed E-state index contributed by atoms with van der Waals surface area (Å²) in [6.45, 7) is 0.708. The topological polar surface area (TPSA) is 136 Å². The van der Waals surface area contributed by atoms with Gasteiger partial charge < -0.3 is 30.9 Å². The largest absolute Gasteiger partial charge is 0.490 e. The van der Waals surface area contributed by atoms with Crippen LogP contribution in [-0.2, 0) is 15.8 Å². The molecule has 2 aliphatic rings. The van der Waals surface area contributed by atoms with E-state index in [9.17, 15) is 32.3 Å². The molecular weight excluding hydrogens is 536 g/mol. The predicted octanol–water partition coefficient (Wildman–Crippen LogP) is 3.01. The summed E-state index contributed by atoms with van der Waals surface area (Å²) < 4.78 is 68.2. The van der Waals surface area contributed by atoms with Gasteiger partial charge in [0.15, 0.2) is 0 Å². The highest BCUT2D eigenvalue weighted by Gasteiger charge is 2.57. The fourth-order valence-electron chi connectivity index (χ4n) is 4.53. The lowest BCUT2D eigenvalue weighted by Gasteiger charge is -2.31. The van der Waals surface area contributed by atoms with Gasteiger partial charge in [0.1, 0.15) is 41.6 Å². The molecule has 0 radical (unpaired) electrons. The zero-order valence-corrected chi connectivity index (χ0v) is 21.1. The summed E-state index contributed by atoms with van der Waals surface area (Å²) in [5.41, 5.74) is -0.0604. The molecule has 0 fully saturated rings. The number of amides is 2.